The predicted molar refractivity (Wildman–Crippen MR) is 73.0 cm³/mol. The van der Waals surface area contributed by atoms with Crippen LogP contribution in [0.4, 0.5) is 5.69 Å². The summed E-state index contributed by atoms with van der Waals surface area (Å²) in [4.78, 5) is 31.4. The maximum absolute atomic E-state index is 12.0. The molecule has 8 heteroatoms. The molecule has 1 saturated heterocycles. The lowest BCUT2D eigenvalue weighted by Gasteiger charge is -2.16. The molecule has 4 N–H and O–H groups in total. The van der Waals surface area contributed by atoms with Gasteiger partial charge in [0.25, 0.3) is 0 Å². The Kier molecular flexibility index (Phi) is 4.32. The molecule has 1 aromatic rings. The first kappa shape index (κ1) is 14.8. The molecule has 20 heavy (non-hydrogen) atoms. The highest BCUT2D eigenvalue weighted by Gasteiger charge is 2.20. The molecule has 1 aliphatic rings. The van der Waals surface area contributed by atoms with Crippen LogP contribution in [0, 0.1) is 0 Å². The van der Waals surface area contributed by atoms with Gasteiger partial charge in [0.05, 0.1) is 12.1 Å². The number of amides is 1. The van der Waals surface area contributed by atoms with Crippen LogP contribution in [0.1, 0.15) is 18.4 Å². The van der Waals surface area contributed by atoms with Gasteiger partial charge in [-0.1, -0.05) is 6.07 Å². The molecule has 0 aromatic heterocycles. The lowest BCUT2D eigenvalue weighted by molar-refractivity contribution is -0.129. The second-order valence-corrected chi connectivity index (χ2v) is 5.88. The number of hydrogen-bond acceptors (Lipinski definition) is 4. The third-order valence-electron chi connectivity index (χ3n) is 3.11. The average molecular weight is 300 g/mol. The van der Waals surface area contributed by atoms with Crippen molar-refractivity contribution in [1.82, 2.24) is 4.90 Å². The number of benzene rings is 1. The van der Waals surface area contributed by atoms with E-state index in [0.29, 0.717) is 5.56 Å². The molecule has 0 atom stereocenters. The van der Waals surface area contributed by atoms with Crippen molar-refractivity contribution in [2.45, 2.75) is 19.3 Å². The molecule has 1 aromatic carbocycles. The maximum Gasteiger partial charge on any atom is 0.524 e. The second-order valence-electron chi connectivity index (χ2n) is 4.72. The van der Waals surface area contributed by atoms with Gasteiger partial charge in [0, 0.05) is 13.1 Å². The Morgan fingerprint density at radius 1 is 1.35 bits per heavy atom. The number of likely N-dealkylation sites (tertiary alicyclic amines) is 1. The minimum atomic E-state index is -4.66. The number of nitrogen functional groups attached to an aromatic ring is 1. The number of nitrogens with zero attached hydrogens (tertiary/aromatic N) is 1. The summed E-state index contributed by atoms with van der Waals surface area (Å²) in [6, 6.07) is 4.51. The van der Waals surface area contributed by atoms with Crippen molar-refractivity contribution in [2.24, 2.45) is 0 Å². The molecule has 110 valence electrons. The molecule has 0 unspecified atom stereocenters. The normalized spacial score (nSPS) is 15.4. The molecule has 0 saturated carbocycles. The molecule has 7 nitrogen and oxygen atoms in total. The van der Waals surface area contributed by atoms with Crippen LogP contribution in [0.2, 0.25) is 0 Å². The van der Waals surface area contributed by atoms with Crippen LogP contribution in [0.5, 0.6) is 5.75 Å². The fourth-order valence-electron chi connectivity index (χ4n) is 2.15. The molecule has 0 radical (unpaired) electrons. The summed E-state index contributed by atoms with van der Waals surface area (Å²) in [5, 5.41) is 0. The van der Waals surface area contributed by atoms with Crippen LogP contribution in [0.25, 0.3) is 0 Å². The van der Waals surface area contributed by atoms with Crippen molar-refractivity contribution in [3.8, 4) is 5.75 Å². The average Bonchev–Trinajstić information content (AvgIpc) is 2.85. The SMILES string of the molecule is Nc1ccc(CC(=O)N2CCCC2)cc1OP(=O)(O)O. The van der Waals surface area contributed by atoms with Crippen LogP contribution in [-0.4, -0.2) is 33.7 Å². The van der Waals surface area contributed by atoms with E-state index in [9.17, 15) is 9.36 Å². The van der Waals surface area contributed by atoms with Crippen molar-refractivity contribution < 1.29 is 23.7 Å². The van der Waals surface area contributed by atoms with Gasteiger partial charge in [0.15, 0.2) is 5.75 Å². The Bertz CT molecular complexity index is 551. The zero-order valence-corrected chi connectivity index (χ0v) is 11.8. The Labute approximate surface area is 116 Å². The van der Waals surface area contributed by atoms with Crippen molar-refractivity contribution in [1.29, 1.82) is 0 Å². The summed E-state index contributed by atoms with van der Waals surface area (Å²) in [5.41, 5.74) is 6.31. The Morgan fingerprint density at radius 3 is 2.60 bits per heavy atom. The van der Waals surface area contributed by atoms with Gasteiger partial charge in [-0.15, -0.1) is 0 Å². The predicted octanol–water partition coefficient (Wildman–Crippen LogP) is 0.905. The van der Waals surface area contributed by atoms with Gasteiger partial charge < -0.3 is 15.2 Å². The number of carbonyl (C=O) groups excluding carboxylic acids is 1. The highest BCUT2D eigenvalue weighted by atomic mass is 31.2. The first-order valence-corrected chi connectivity index (χ1v) is 7.79. The van der Waals surface area contributed by atoms with Crippen LogP contribution >= 0.6 is 7.82 Å². The summed E-state index contributed by atoms with van der Waals surface area (Å²) < 4.78 is 15.3. The van der Waals surface area contributed by atoms with E-state index in [-0.39, 0.29) is 23.8 Å². The lowest BCUT2D eigenvalue weighted by Crippen LogP contribution is -2.29. The van der Waals surface area contributed by atoms with Crippen LogP contribution < -0.4 is 10.3 Å². The van der Waals surface area contributed by atoms with Gasteiger partial charge in [-0.2, -0.15) is 0 Å². The third-order valence-corrected chi connectivity index (χ3v) is 3.54. The van der Waals surface area contributed by atoms with E-state index in [1.807, 2.05) is 0 Å². The van der Waals surface area contributed by atoms with E-state index < -0.39 is 7.82 Å². The molecule has 0 spiro atoms. The summed E-state index contributed by atoms with van der Waals surface area (Å²) >= 11 is 0. The number of hydrogen-bond donors (Lipinski definition) is 3. The molecule has 1 fully saturated rings. The molecular weight excluding hydrogens is 283 g/mol. The Balaban J connectivity index is 2.10. The molecule has 1 amide bonds. The molecule has 1 aliphatic heterocycles. The van der Waals surface area contributed by atoms with Crippen molar-refractivity contribution in [3.05, 3.63) is 23.8 Å². The zero-order chi connectivity index (χ0) is 14.8. The van der Waals surface area contributed by atoms with Gasteiger partial charge in [-0.25, -0.2) is 4.57 Å². The number of anilines is 1. The van der Waals surface area contributed by atoms with Crippen LogP contribution in [0.15, 0.2) is 18.2 Å². The molecule has 2 rings (SSSR count). The van der Waals surface area contributed by atoms with E-state index in [4.69, 9.17) is 15.5 Å². The van der Waals surface area contributed by atoms with Crippen LogP contribution in [-0.2, 0) is 15.8 Å². The number of rotatable bonds is 4. The highest BCUT2D eigenvalue weighted by Crippen LogP contribution is 2.40. The summed E-state index contributed by atoms with van der Waals surface area (Å²) in [6.45, 7) is 1.53. The fraction of sp³-hybridized carbons (Fsp3) is 0.417. The van der Waals surface area contributed by atoms with Gasteiger partial charge in [0.1, 0.15) is 0 Å². The highest BCUT2D eigenvalue weighted by molar-refractivity contribution is 7.46. The Hall–Kier alpha value is -1.56. The molecule has 1 heterocycles. The van der Waals surface area contributed by atoms with E-state index in [1.165, 1.54) is 12.1 Å². The third kappa shape index (κ3) is 3.96. The number of carbonyl (C=O) groups is 1. The molecular formula is C12H17N2O5P. The van der Waals surface area contributed by atoms with Gasteiger partial charge in [0.2, 0.25) is 5.91 Å². The quantitative estimate of drug-likeness (QED) is 0.562. The van der Waals surface area contributed by atoms with E-state index in [0.717, 1.165) is 25.9 Å². The monoisotopic (exact) mass is 300 g/mol. The van der Waals surface area contributed by atoms with Gasteiger partial charge in [-0.3, -0.25) is 14.6 Å². The topological polar surface area (TPSA) is 113 Å². The summed E-state index contributed by atoms with van der Waals surface area (Å²) in [5.74, 6) is -0.112. The van der Waals surface area contributed by atoms with Gasteiger partial charge in [-0.05, 0) is 30.5 Å². The van der Waals surface area contributed by atoms with Crippen molar-refractivity contribution in [3.63, 3.8) is 0 Å². The van der Waals surface area contributed by atoms with Crippen molar-refractivity contribution >= 4 is 19.4 Å². The standard InChI is InChI=1S/C12H17N2O5P/c13-10-4-3-9(7-11(10)19-20(16,17)18)8-12(15)14-5-1-2-6-14/h3-4,7H,1-2,5-6,8,13H2,(H2,16,17,18). The summed E-state index contributed by atoms with van der Waals surface area (Å²) in [7, 11) is -4.66. The molecule has 0 bridgehead atoms. The number of nitrogens with two attached hydrogens (primary N) is 1. The van der Waals surface area contributed by atoms with E-state index in [2.05, 4.69) is 4.52 Å². The number of phosphoric acid groups is 1. The zero-order valence-electron chi connectivity index (χ0n) is 10.9. The van der Waals surface area contributed by atoms with E-state index >= 15 is 0 Å². The number of phosphoric ester groups is 1. The molecule has 0 aliphatic carbocycles. The van der Waals surface area contributed by atoms with E-state index in [1.54, 1.807) is 11.0 Å². The minimum Gasteiger partial charge on any atom is -0.402 e. The lowest BCUT2D eigenvalue weighted by atomic mass is 10.1. The first-order valence-electron chi connectivity index (χ1n) is 6.26. The first-order chi connectivity index (χ1) is 9.35. The summed E-state index contributed by atoms with van der Waals surface area (Å²) in [6.07, 6.45) is 2.19. The largest absolute Gasteiger partial charge is 0.524 e. The fourth-order valence-corrected chi connectivity index (χ4v) is 2.56. The Morgan fingerprint density at radius 2 is 2.00 bits per heavy atom. The minimum absolute atomic E-state index is 0.00518. The van der Waals surface area contributed by atoms with Crippen LogP contribution in [0.3, 0.4) is 0 Å². The maximum atomic E-state index is 12.0. The van der Waals surface area contributed by atoms with Gasteiger partial charge >= 0.3 is 7.82 Å². The van der Waals surface area contributed by atoms with Crippen molar-refractivity contribution in [2.75, 3.05) is 18.8 Å². The second kappa shape index (κ2) is 5.83. The smallest absolute Gasteiger partial charge is 0.402 e.